The molecule has 0 fully saturated rings. The first-order chi connectivity index (χ1) is 13.2. The molecule has 2 heterocycles. The first-order valence-corrected chi connectivity index (χ1v) is 9.09. The minimum Gasteiger partial charge on any atom is -0.490 e. The largest absolute Gasteiger partial charge is 0.490 e. The Morgan fingerprint density at radius 1 is 0.964 bits per heavy atom. The molecule has 0 aliphatic carbocycles. The number of fused-ring (bicyclic) bond motifs is 3. The molecule has 0 saturated carbocycles. The van der Waals surface area contributed by atoms with Crippen LogP contribution in [0.4, 0.5) is 11.4 Å². The van der Waals surface area contributed by atoms with Gasteiger partial charge < -0.3 is 19.8 Å². The van der Waals surface area contributed by atoms with E-state index in [2.05, 4.69) is 26.3 Å². The van der Waals surface area contributed by atoms with E-state index >= 15 is 0 Å². The second kappa shape index (κ2) is 8.35. The molecule has 6 nitrogen and oxygen atoms in total. The quantitative estimate of drug-likeness (QED) is 0.456. The Morgan fingerprint density at radius 3 is 2.54 bits per heavy atom. The lowest BCUT2D eigenvalue weighted by atomic mass is 10.1. The van der Waals surface area contributed by atoms with E-state index in [1.807, 2.05) is 51.1 Å². The van der Waals surface area contributed by atoms with Crippen LogP contribution in [0.2, 0.25) is 0 Å². The van der Waals surface area contributed by atoms with Gasteiger partial charge in [-0.25, -0.2) is 9.97 Å². The predicted octanol–water partition coefficient (Wildman–Crippen LogP) is 5.38. The van der Waals surface area contributed by atoms with Gasteiger partial charge in [0.05, 0.1) is 24.4 Å². The fraction of sp³-hybridized carbons (Fsp3) is 0.238. The lowest BCUT2D eigenvalue weighted by Gasteiger charge is -2.15. The number of imidazole rings is 1. The summed E-state index contributed by atoms with van der Waals surface area (Å²) in [4.78, 5) is 12.2. The lowest BCUT2D eigenvalue weighted by molar-refractivity contribution is 0.288. The summed E-state index contributed by atoms with van der Waals surface area (Å²) in [5, 5.41) is 4.53. The number of aromatic amines is 1. The zero-order valence-electron chi connectivity index (χ0n) is 16.1. The molecule has 0 radical (unpaired) electrons. The lowest BCUT2D eigenvalue weighted by Crippen LogP contribution is -2.00. The molecule has 146 valence electrons. The molecule has 28 heavy (non-hydrogen) atoms. The van der Waals surface area contributed by atoms with Crippen LogP contribution in [0.15, 0.2) is 42.7 Å². The van der Waals surface area contributed by atoms with Crippen LogP contribution in [-0.4, -0.2) is 28.2 Å². The third-order valence-corrected chi connectivity index (χ3v) is 4.32. The van der Waals surface area contributed by atoms with E-state index in [4.69, 9.17) is 9.47 Å². The van der Waals surface area contributed by atoms with E-state index in [1.165, 1.54) is 0 Å². The number of ether oxygens (including phenoxy) is 2. The fourth-order valence-corrected chi connectivity index (χ4v) is 3.26. The van der Waals surface area contributed by atoms with Crippen molar-refractivity contribution in [1.29, 1.82) is 0 Å². The van der Waals surface area contributed by atoms with Crippen molar-refractivity contribution in [2.45, 2.75) is 20.8 Å². The van der Waals surface area contributed by atoms with Gasteiger partial charge in [-0.15, -0.1) is 12.4 Å². The Labute approximate surface area is 169 Å². The van der Waals surface area contributed by atoms with Crippen LogP contribution in [-0.2, 0) is 0 Å². The molecular weight excluding hydrogens is 376 g/mol. The average molecular weight is 399 g/mol. The third kappa shape index (κ3) is 3.68. The standard InChI is InChI=1S/C21H22N4O2.ClH/c1-4-26-18-9-6-14(11-19(18)27-5-2)25-17-10-13(3)24-15-7-8-16-21(20(15)17)23-12-22-16;/h6-12,24-25H,4-5H2,1-3H3;1H. The third-order valence-electron chi connectivity index (χ3n) is 4.32. The Balaban J connectivity index is 0.00000225. The van der Waals surface area contributed by atoms with Gasteiger partial charge in [0.2, 0.25) is 0 Å². The fourth-order valence-electron chi connectivity index (χ4n) is 3.26. The van der Waals surface area contributed by atoms with Crippen LogP contribution in [0.1, 0.15) is 19.5 Å². The number of aromatic nitrogens is 3. The molecule has 0 saturated heterocycles. The maximum absolute atomic E-state index is 5.74. The SMILES string of the molecule is CCOc1ccc(Nc2cc(C)[nH]c3ccc4ncnc4c23)cc1OCC.Cl. The van der Waals surface area contributed by atoms with Gasteiger partial charge in [-0.2, -0.15) is 0 Å². The number of aryl methyl sites for hydroxylation is 1. The highest BCUT2D eigenvalue weighted by Crippen LogP contribution is 2.35. The molecule has 7 heteroatoms. The molecule has 0 bridgehead atoms. The van der Waals surface area contributed by atoms with E-state index in [9.17, 15) is 0 Å². The van der Waals surface area contributed by atoms with E-state index in [-0.39, 0.29) is 12.4 Å². The van der Waals surface area contributed by atoms with Gasteiger partial charge in [0, 0.05) is 28.4 Å². The maximum Gasteiger partial charge on any atom is 0.163 e. The molecule has 0 spiro atoms. The number of nitrogens with one attached hydrogen (secondary N) is 2. The predicted molar refractivity (Wildman–Crippen MR) is 115 cm³/mol. The number of benzene rings is 2. The van der Waals surface area contributed by atoms with E-state index in [1.54, 1.807) is 6.33 Å². The minimum absolute atomic E-state index is 0. The highest BCUT2D eigenvalue weighted by molar-refractivity contribution is 6.10. The summed E-state index contributed by atoms with van der Waals surface area (Å²) in [6.45, 7) is 7.14. The van der Waals surface area contributed by atoms with Crippen molar-refractivity contribution in [3.63, 3.8) is 0 Å². The molecular formula is C21H23ClN4O2. The monoisotopic (exact) mass is 398 g/mol. The number of nitrogens with zero attached hydrogens (tertiary/aromatic N) is 2. The van der Waals surface area contributed by atoms with Gasteiger partial charge in [0.1, 0.15) is 11.8 Å². The van der Waals surface area contributed by atoms with Crippen molar-refractivity contribution < 1.29 is 9.47 Å². The van der Waals surface area contributed by atoms with Crippen LogP contribution < -0.4 is 14.8 Å². The normalized spacial score (nSPS) is 10.7. The van der Waals surface area contributed by atoms with Crippen LogP contribution in [0.25, 0.3) is 21.9 Å². The molecule has 0 aliphatic rings. The summed E-state index contributed by atoms with van der Waals surface area (Å²) < 4.78 is 11.4. The first kappa shape index (κ1) is 19.8. The van der Waals surface area contributed by atoms with Gasteiger partial charge in [0.15, 0.2) is 11.5 Å². The van der Waals surface area contributed by atoms with Crippen molar-refractivity contribution in [2.75, 3.05) is 18.5 Å². The summed E-state index contributed by atoms with van der Waals surface area (Å²) in [7, 11) is 0. The number of halogens is 1. The molecule has 2 N–H and O–H groups in total. The Morgan fingerprint density at radius 2 is 1.75 bits per heavy atom. The van der Waals surface area contributed by atoms with Gasteiger partial charge in [-0.05, 0) is 51.1 Å². The molecule has 2 aromatic heterocycles. The first-order valence-electron chi connectivity index (χ1n) is 9.09. The topological polar surface area (TPSA) is 72.1 Å². The smallest absolute Gasteiger partial charge is 0.163 e. The molecule has 4 rings (SSSR count). The summed E-state index contributed by atoms with van der Waals surface area (Å²) >= 11 is 0. The Kier molecular flexibility index (Phi) is 5.90. The molecule has 0 aliphatic heterocycles. The van der Waals surface area contributed by atoms with Crippen molar-refractivity contribution in [2.24, 2.45) is 0 Å². The molecule has 4 aromatic rings. The van der Waals surface area contributed by atoms with Crippen molar-refractivity contribution in [1.82, 2.24) is 15.0 Å². The zero-order chi connectivity index (χ0) is 18.8. The van der Waals surface area contributed by atoms with Crippen LogP contribution in [0.3, 0.4) is 0 Å². The van der Waals surface area contributed by atoms with Crippen LogP contribution >= 0.6 is 12.4 Å². The van der Waals surface area contributed by atoms with Crippen molar-refractivity contribution >= 4 is 45.7 Å². The highest BCUT2D eigenvalue weighted by atomic mass is 35.5. The average Bonchev–Trinajstić information content (AvgIpc) is 3.12. The van der Waals surface area contributed by atoms with Gasteiger partial charge in [-0.3, -0.25) is 0 Å². The van der Waals surface area contributed by atoms with Crippen LogP contribution in [0.5, 0.6) is 11.5 Å². The number of H-pyrrole nitrogens is 1. The molecule has 0 amide bonds. The number of rotatable bonds is 6. The maximum atomic E-state index is 5.74. The van der Waals surface area contributed by atoms with Gasteiger partial charge in [0.25, 0.3) is 0 Å². The number of anilines is 2. The van der Waals surface area contributed by atoms with E-state index in [0.29, 0.717) is 13.2 Å². The zero-order valence-corrected chi connectivity index (χ0v) is 16.9. The summed E-state index contributed by atoms with van der Waals surface area (Å²) in [5.74, 6) is 1.47. The Hall–Kier alpha value is -2.99. The van der Waals surface area contributed by atoms with E-state index in [0.717, 1.165) is 50.5 Å². The number of hydrogen-bond donors (Lipinski definition) is 2. The van der Waals surface area contributed by atoms with Gasteiger partial charge in [-0.1, -0.05) is 0 Å². The second-order valence-corrected chi connectivity index (χ2v) is 6.25. The van der Waals surface area contributed by atoms with E-state index < -0.39 is 0 Å². The highest BCUT2D eigenvalue weighted by Gasteiger charge is 2.12. The molecule has 0 unspecified atom stereocenters. The Bertz CT molecular complexity index is 1110. The molecule has 2 aromatic carbocycles. The summed E-state index contributed by atoms with van der Waals surface area (Å²) in [5.41, 5.74) is 5.72. The van der Waals surface area contributed by atoms with Crippen LogP contribution in [0, 0.1) is 6.92 Å². The van der Waals surface area contributed by atoms with Crippen molar-refractivity contribution in [3.05, 3.63) is 48.4 Å². The van der Waals surface area contributed by atoms with Crippen molar-refractivity contribution in [3.8, 4) is 11.5 Å². The number of hydrogen-bond acceptors (Lipinski definition) is 5. The molecule has 0 atom stereocenters. The number of pyridine rings is 1. The second-order valence-electron chi connectivity index (χ2n) is 6.25. The summed E-state index contributed by atoms with van der Waals surface area (Å²) in [6, 6.07) is 12.0. The minimum atomic E-state index is 0. The summed E-state index contributed by atoms with van der Waals surface area (Å²) in [6.07, 6.45) is 1.60. The van der Waals surface area contributed by atoms with Gasteiger partial charge >= 0.3 is 0 Å².